The Morgan fingerprint density at radius 3 is 2.23 bits per heavy atom. The quantitative estimate of drug-likeness (QED) is 0.357. The molecule has 10 heteroatoms. The molecule has 1 unspecified atom stereocenters. The number of hydrogen-bond acceptors (Lipinski definition) is 4. The molecule has 0 fully saturated rings. The van der Waals surface area contributed by atoms with E-state index in [0.29, 0.717) is 10.6 Å². The zero-order valence-corrected chi connectivity index (χ0v) is 24.9. The molecule has 0 aromatic heterocycles. The van der Waals surface area contributed by atoms with Gasteiger partial charge < -0.3 is 10.2 Å². The van der Waals surface area contributed by atoms with Crippen LogP contribution in [-0.2, 0) is 32.6 Å². The lowest BCUT2D eigenvalue weighted by atomic mass is 10.0. The molecule has 3 rings (SSSR count). The predicted octanol–water partition coefficient (Wildman–Crippen LogP) is 5.11. The summed E-state index contributed by atoms with van der Waals surface area (Å²) in [4.78, 5) is 29.0. The highest BCUT2D eigenvalue weighted by Crippen LogP contribution is 2.27. The van der Waals surface area contributed by atoms with E-state index in [9.17, 15) is 22.4 Å². The Labute approximate surface area is 241 Å². The highest BCUT2D eigenvalue weighted by molar-refractivity contribution is 7.92. The fourth-order valence-electron chi connectivity index (χ4n) is 4.26. The summed E-state index contributed by atoms with van der Waals surface area (Å²) >= 11 is 6.17. The molecule has 0 aliphatic carbocycles. The van der Waals surface area contributed by atoms with E-state index in [-0.39, 0.29) is 24.2 Å². The summed E-state index contributed by atoms with van der Waals surface area (Å²) in [6, 6.07) is 18.8. The normalized spacial score (nSPS) is 12.5. The fraction of sp³-hybridized carbons (Fsp3) is 0.333. The molecule has 0 saturated carbocycles. The van der Waals surface area contributed by atoms with Crippen LogP contribution in [-0.4, -0.2) is 49.5 Å². The smallest absolute Gasteiger partial charge is 0.244 e. The van der Waals surface area contributed by atoms with Crippen molar-refractivity contribution in [3.05, 3.63) is 100 Å². The van der Waals surface area contributed by atoms with Crippen molar-refractivity contribution < 1.29 is 22.4 Å². The lowest BCUT2D eigenvalue weighted by Crippen LogP contribution is -2.56. The van der Waals surface area contributed by atoms with Crippen molar-refractivity contribution in [1.82, 2.24) is 10.2 Å². The monoisotopic (exact) mass is 587 g/mol. The van der Waals surface area contributed by atoms with Gasteiger partial charge in [-0.25, -0.2) is 12.8 Å². The Morgan fingerprint density at radius 1 is 1.00 bits per heavy atom. The lowest BCUT2D eigenvalue weighted by Gasteiger charge is -2.35. The fourth-order valence-corrected chi connectivity index (χ4v) is 5.33. The van der Waals surface area contributed by atoms with Crippen molar-refractivity contribution in [2.45, 2.75) is 52.2 Å². The molecule has 0 aliphatic rings. The van der Waals surface area contributed by atoms with Gasteiger partial charge in [0.05, 0.1) is 11.9 Å². The van der Waals surface area contributed by atoms with E-state index in [4.69, 9.17) is 11.6 Å². The van der Waals surface area contributed by atoms with E-state index in [1.165, 1.54) is 29.2 Å². The molecule has 1 N–H and O–H groups in total. The van der Waals surface area contributed by atoms with Gasteiger partial charge in [0.2, 0.25) is 21.8 Å². The minimum atomic E-state index is -3.95. The van der Waals surface area contributed by atoms with Gasteiger partial charge in [0.25, 0.3) is 0 Å². The molecule has 0 heterocycles. The molecule has 1 atom stereocenters. The van der Waals surface area contributed by atoms with Crippen molar-refractivity contribution in [1.29, 1.82) is 0 Å². The first-order chi connectivity index (χ1) is 18.7. The summed E-state index contributed by atoms with van der Waals surface area (Å²) in [6.07, 6.45) is 1.13. The summed E-state index contributed by atoms with van der Waals surface area (Å²) in [5.41, 5.74) is 1.20. The number of aryl methyl sites for hydroxylation is 1. The van der Waals surface area contributed by atoms with Crippen LogP contribution in [0.3, 0.4) is 0 Å². The predicted molar refractivity (Wildman–Crippen MR) is 157 cm³/mol. The number of carbonyl (C=O) groups is 2. The van der Waals surface area contributed by atoms with E-state index in [2.05, 4.69) is 5.32 Å². The molecule has 2 amide bonds. The maximum Gasteiger partial charge on any atom is 0.244 e. The Bertz CT molecular complexity index is 1460. The van der Waals surface area contributed by atoms with Crippen LogP contribution in [0.1, 0.15) is 37.5 Å². The number of anilines is 1. The number of amides is 2. The third kappa shape index (κ3) is 8.53. The van der Waals surface area contributed by atoms with Crippen molar-refractivity contribution in [3.8, 4) is 0 Å². The first-order valence-corrected chi connectivity index (χ1v) is 15.0. The minimum Gasteiger partial charge on any atom is -0.350 e. The number of hydrogen-bond donors (Lipinski definition) is 1. The molecule has 40 heavy (non-hydrogen) atoms. The zero-order valence-electron chi connectivity index (χ0n) is 23.3. The second-order valence-corrected chi connectivity index (χ2v) is 13.1. The van der Waals surface area contributed by atoms with Gasteiger partial charge in [0, 0.05) is 29.1 Å². The van der Waals surface area contributed by atoms with E-state index >= 15 is 0 Å². The van der Waals surface area contributed by atoms with Crippen LogP contribution >= 0.6 is 11.6 Å². The second-order valence-electron chi connectivity index (χ2n) is 10.8. The average molecular weight is 588 g/mol. The summed E-state index contributed by atoms with van der Waals surface area (Å²) in [6.45, 7) is 6.32. The van der Waals surface area contributed by atoms with Gasteiger partial charge in [-0.1, -0.05) is 66.2 Å². The van der Waals surface area contributed by atoms with Gasteiger partial charge in [0.1, 0.15) is 18.4 Å². The molecular formula is C30H35ClFN3O4S. The summed E-state index contributed by atoms with van der Waals surface area (Å²) < 4.78 is 41.6. The van der Waals surface area contributed by atoms with Gasteiger partial charge in [0.15, 0.2) is 0 Å². The van der Waals surface area contributed by atoms with Crippen LogP contribution in [0.15, 0.2) is 72.8 Å². The van der Waals surface area contributed by atoms with Crippen LogP contribution in [0.5, 0.6) is 0 Å². The summed E-state index contributed by atoms with van der Waals surface area (Å²) in [5, 5.41) is 3.23. The average Bonchev–Trinajstić information content (AvgIpc) is 2.86. The van der Waals surface area contributed by atoms with Gasteiger partial charge in [-0.05, 0) is 57.0 Å². The zero-order chi connectivity index (χ0) is 29.7. The van der Waals surface area contributed by atoms with Crippen molar-refractivity contribution in [2.75, 3.05) is 17.1 Å². The van der Waals surface area contributed by atoms with Crippen LogP contribution in [0.2, 0.25) is 5.02 Å². The number of carbonyl (C=O) groups excluding carboxylic acids is 2. The Morgan fingerprint density at radius 2 is 1.62 bits per heavy atom. The highest BCUT2D eigenvalue weighted by Gasteiger charge is 2.35. The molecule has 7 nitrogen and oxygen atoms in total. The third-order valence-electron chi connectivity index (χ3n) is 6.19. The molecule has 0 bridgehead atoms. The van der Waals surface area contributed by atoms with Crippen LogP contribution in [0.4, 0.5) is 10.1 Å². The van der Waals surface area contributed by atoms with Crippen LogP contribution in [0.25, 0.3) is 0 Å². The summed E-state index contributed by atoms with van der Waals surface area (Å²) in [7, 11) is -3.95. The lowest BCUT2D eigenvalue weighted by molar-refractivity contribution is -0.140. The standard InChI is InChI=1S/C30H35ClFN3O4S/c1-21-15-16-24(31)18-26(21)35(40(5,38)39)20-28(36)34(19-23-13-9-10-14-25(23)32)27(29(37)33-30(2,3)4)17-22-11-7-6-8-12-22/h6-16,18,27H,17,19-20H2,1-5H3,(H,33,37). The number of benzene rings is 3. The van der Waals surface area contributed by atoms with E-state index in [0.717, 1.165) is 16.1 Å². The molecule has 0 aliphatic heterocycles. The second kappa shape index (κ2) is 12.8. The van der Waals surface area contributed by atoms with Gasteiger partial charge in [-0.15, -0.1) is 0 Å². The van der Waals surface area contributed by atoms with Gasteiger partial charge >= 0.3 is 0 Å². The number of nitrogens with zero attached hydrogens (tertiary/aromatic N) is 2. The van der Waals surface area contributed by atoms with Gasteiger partial charge in [-0.2, -0.15) is 0 Å². The molecule has 3 aromatic carbocycles. The molecule has 0 radical (unpaired) electrons. The number of nitrogens with one attached hydrogen (secondary N) is 1. The Hall–Kier alpha value is -3.43. The Kier molecular flexibility index (Phi) is 9.97. The molecular weight excluding hydrogens is 553 g/mol. The number of halogens is 2. The van der Waals surface area contributed by atoms with E-state index in [1.807, 2.05) is 51.1 Å². The third-order valence-corrected chi connectivity index (χ3v) is 7.55. The van der Waals surface area contributed by atoms with Gasteiger partial charge in [-0.3, -0.25) is 13.9 Å². The van der Waals surface area contributed by atoms with E-state index in [1.54, 1.807) is 25.1 Å². The molecule has 3 aromatic rings. The van der Waals surface area contributed by atoms with Crippen LogP contribution < -0.4 is 9.62 Å². The molecule has 0 saturated heterocycles. The maximum absolute atomic E-state index is 14.8. The number of rotatable bonds is 10. The molecule has 0 spiro atoms. The van der Waals surface area contributed by atoms with Crippen molar-refractivity contribution in [3.63, 3.8) is 0 Å². The van der Waals surface area contributed by atoms with E-state index < -0.39 is 45.8 Å². The summed E-state index contributed by atoms with van der Waals surface area (Å²) in [5.74, 6) is -1.65. The largest absolute Gasteiger partial charge is 0.350 e. The number of sulfonamides is 1. The van der Waals surface area contributed by atoms with Crippen molar-refractivity contribution >= 4 is 39.1 Å². The topological polar surface area (TPSA) is 86.8 Å². The van der Waals surface area contributed by atoms with Crippen LogP contribution in [0, 0.1) is 12.7 Å². The highest BCUT2D eigenvalue weighted by atomic mass is 35.5. The first-order valence-electron chi connectivity index (χ1n) is 12.8. The molecule has 214 valence electrons. The SMILES string of the molecule is Cc1ccc(Cl)cc1N(CC(=O)N(Cc1ccccc1F)C(Cc1ccccc1)C(=O)NC(C)(C)C)S(C)(=O)=O. The first kappa shape index (κ1) is 31.1. The minimum absolute atomic E-state index is 0.137. The maximum atomic E-state index is 14.8. The Balaban J connectivity index is 2.11. The van der Waals surface area contributed by atoms with Crippen molar-refractivity contribution in [2.24, 2.45) is 0 Å².